The summed E-state index contributed by atoms with van der Waals surface area (Å²) >= 11 is 6.31. The molecule has 2 heterocycles. The highest BCUT2D eigenvalue weighted by Crippen LogP contribution is 2.37. The summed E-state index contributed by atoms with van der Waals surface area (Å²) in [6.45, 7) is 3.16. The maximum Gasteiger partial charge on any atom is 0.261 e. The second-order valence-corrected chi connectivity index (χ2v) is 13.2. The molecule has 0 spiro atoms. The first-order valence-corrected chi connectivity index (χ1v) is 15.5. The lowest BCUT2D eigenvalue weighted by Crippen LogP contribution is -2.23. The summed E-state index contributed by atoms with van der Waals surface area (Å²) in [5.74, 6) is -0.374. The van der Waals surface area contributed by atoms with Gasteiger partial charge in [-0.05, 0) is 38.1 Å². The number of anilines is 1. The van der Waals surface area contributed by atoms with Crippen LogP contribution in [-0.2, 0) is 20.1 Å². The van der Waals surface area contributed by atoms with E-state index in [1.807, 2.05) is 30.3 Å². The molecular weight excluding hydrogens is 581 g/mol. The Balaban J connectivity index is 0.000000681. The lowest BCUT2D eigenvalue weighted by atomic mass is 10.0. The molecule has 0 aliphatic heterocycles. The number of rotatable bonds is 5. The number of nitrogens with zero attached hydrogens (tertiary/aromatic N) is 3. The van der Waals surface area contributed by atoms with Crippen molar-refractivity contribution in [2.24, 2.45) is 0 Å². The Morgan fingerprint density at radius 2 is 1.62 bits per heavy atom. The summed E-state index contributed by atoms with van der Waals surface area (Å²) in [4.78, 5) is 12.1. The van der Waals surface area contributed by atoms with Crippen LogP contribution in [0.4, 0.5) is 10.3 Å². The van der Waals surface area contributed by atoms with E-state index in [1.54, 1.807) is 38.1 Å². The van der Waals surface area contributed by atoms with Crippen molar-refractivity contribution in [2.75, 3.05) is 12.0 Å². The fraction of sp³-hybridized carbons (Fsp3) is 0.154. The lowest BCUT2D eigenvalue weighted by Gasteiger charge is -2.11. The van der Waals surface area contributed by atoms with Gasteiger partial charge in [-0.2, -0.15) is 8.42 Å². The van der Waals surface area contributed by atoms with Gasteiger partial charge in [0, 0.05) is 11.1 Å². The molecule has 0 amide bonds. The number of imidazole rings is 2. The van der Waals surface area contributed by atoms with Crippen LogP contribution in [0, 0.1) is 5.82 Å². The fourth-order valence-electron chi connectivity index (χ4n) is 3.94. The number of halogens is 2. The van der Waals surface area contributed by atoms with Crippen molar-refractivity contribution in [3.05, 3.63) is 77.6 Å². The Morgan fingerprint density at radius 1 is 0.975 bits per heavy atom. The largest absolute Gasteiger partial charge is 0.368 e. The molecule has 0 aliphatic rings. The Labute approximate surface area is 235 Å². The number of nitrogens with two attached hydrogens (primary N) is 1. The average Bonchev–Trinajstić information content (AvgIpc) is 3.44. The van der Waals surface area contributed by atoms with Crippen molar-refractivity contribution in [1.29, 1.82) is 0 Å². The van der Waals surface area contributed by atoms with Gasteiger partial charge in [-0.15, -0.1) is 0 Å². The fourth-order valence-corrected chi connectivity index (χ4v) is 5.33. The normalized spacial score (nSPS) is 12.0. The highest BCUT2D eigenvalue weighted by molar-refractivity contribution is 7.90. The van der Waals surface area contributed by atoms with Gasteiger partial charge in [0.25, 0.3) is 10.1 Å². The van der Waals surface area contributed by atoms with Gasteiger partial charge < -0.3 is 10.7 Å². The third-order valence-electron chi connectivity index (χ3n) is 5.73. The second-order valence-electron chi connectivity index (χ2n) is 9.04. The van der Waals surface area contributed by atoms with E-state index >= 15 is 0 Å². The maximum absolute atomic E-state index is 14.7. The molecule has 3 aromatic carbocycles. The molecule has 0 bridgehead atoms. The minimum Gasteiger partial charge on any atom is -0.368 e. The van der Waals surface area contributed by atoms with E-state index < -0.39 is 31.2 Å². The second kappa shape index (κ2) is 11.0. The predicted octanol–water partition coefficient (Wildman–Crippen LogP) is 5.23. The SMILES string of the molecule is CC(C)S(=O)(=O)n1c(N)nc2ccc(-c3nc(-c4c(F)cccc4Cl)[nH]c3-c3ccccc3)cc21.CS(=O)(=O)O. The van der Waals surface area contributed by atoms with Crippen LogP contribution in [0.2, 0.25) is 5.02 Å². The Hall–Kier alpha value is -3.78. The first kappa shape index (κ1) is 29.2. The number of aromatic amines is 1. The Morgan fingerprint density at radius 3 is 2.23 bits per heavy atom. The molecular formula is C26H25ClFN5O5S2. The molecule has 0 atom stereocenters. The number of fused-ring (bicyclic) bond motifs is 1. The number of hydrogen-bond acceptors (Lipinski definition) is 7. The van der Waals surface area contributed by atoms with Crippen molar-refractivity contribution >= 4 is 48.7 Å². The van der Waals surface area contributed by atoms with Gasteiger partial charge in [0.05, 0.1) is 44.5 Å². The van der Waals surface area contributed by atoms with Crippen molar-refractivity contribution < 1.29 is 25.8 Å². The molecule has 14 heteroatoms. The minimum absolute atomic E-state index is 0.116. The van der Waals surface area contributed by atoms with Gasteiger partial charge in [0.15, 0.2) is 0 Å². The van der Waals surface area contributed by atoms with Gasteiger partial charge in [-0.1, -0.05) is 54.1 Å². The van der Waals surface area contributed by atoms with Crippen LogP contribution in [-0.4, -0.2) is 51.8 Å². The third-order valence-corrected chi connectivity index (χ3v) is 8.13. The molecule has 210 valence electrons. The highest BCUT2D eigenvalue weighted by Gasteiger charge is 2.26. The standard InChI is InChI=1S/C25H21ClFN5O2S.CH4O3S/c1-14(2)35(33,34)32-20-13-16(11-12-19(20)29-25(32)28)23-22(15-7-4-3-5-8-15)30-24(31-23)21-17(26)9-6-10-18(21)27;1-5(2,3)4/h3-14H,1-2H3,(H2,28,29)(H,30,31);1H3,(H,2,3,4). The zero-order valence-electron chi connectivity index (χ0n) is 21.5. The van der Waals surface area contributed by atoms with Gasteiger partial charge >= 0.3 is 0 Å². The predicted molar refractivity (Wildman–Crippen MR) is 154 cm³/mol. The third kappa shape index (κ3) is 6.02. The smallest absolute Gasteiger partial charge is 0.261 e. The van der Waals surface area contributed by atoms with E-state index in [0.29, 0.717) is 34.2 Å². The summed E-state index contributed by atoms with van der Waals surface area (Å²) in [6, 6.07) is 19.0. The van der Waals surface area contributed by atoms with Crippen LogP contribution in [0.1, 0.15) is 13.8 Å². The van der Waals surface area contributed by atoms with Crippen molar-refractivity contribution in [1.82, 2.24) is 18.9 Å². The molecule has 2 aromatic heterocycles. The zero-order valence-corrected chi connectivity index (χ0v) is 23.9. The number of hydrogen-bond donors (Lipinski definition) is 3. The molecule has 5 aromatic rings. The first-order chi connectivity index (χ1) is 18.7. The van der Waals surface area contributed by atoms with Crippen LogP contribution in [0.15, 0.2) is 66.7 Å². The number of aromatic nitrogens is 4. The molecule has 4 N–H and O–H groups in total. The quantitative estimate of drug-likeness (QED) is 0.230. The molecule has 0 saturated heterocycles. The highest BCUT2D eigenvalue weighted by atomic mass is 35.5. The van der Waals surface area contributed by atoms with Crippen molar-refractivity contribution in [3.63, 3.8) is 0 Å². The number of nitrogen functional groups attached to an aromatic ring is 1. The van der Waals surface area contributed by atoms with E-state index in [1.165, 1.54) is 12.1 Å². The summed E-state index contributed by atoms with van der Waals surface area (Å²) in [5.41, 5.74) is 9.46. The molecule has 40 heavy (non-hydrogen) atoms. The summed E-state index contributed by atoms with van der Waals surface area (Å²) in [6.07, 6.45) is 0.715. The topological polar surface area (TPSA) is 161 Å². The van der Waals surface area contributed by atoms with E-state index in [0.717, 1.165) is 9.54 Å². The molecule has 0 aliphatic carbocycles. The Kier molecular flexibility index (Phi) is 8.04. The zero-order chi connectivity index (χ0) is 29.4. The van der Waals surface area contributed by atoms with E-state index in [-0.39, 0.29) is 22.4 Å². The minimum atomic E-state index is -3.77. The maximum atomic E-state index is 14.7. The molecule has 0 radical (unpaired) electrons. The van der Waals surface area contributed by atoms with Crippen LogP contribution in [0.5, 0.6) is 0 Å². The molecule has 10 nitrogen and oxygen atoms in total. The molecule has 0 fully saturated rings. The lowest BCUT2D eigenvalue weighted by molar-refractivity contribution is 0.490. The van der Waals surface area contributed by atoms with E-state index in [9.17, 15) is 21.2 Å². The number of benzene rings is 3. The summed E-state index contributed by atoms with van der Waals surface area (Å²) in [5, 5.41) is -0.486. The molecule has 0 saturated carbocycles. The first-order valence-electron chi connectivity index (χ1n) is 11.7. The van der Waals surface area contributed by atoms with Crippen LogP contribution < -0.4 is 5.73 Å². The van der Waals surface area contributed by atoms with Gasteiger partial charge in [-0.3, -0.25) is 4.55 Å². The number of nitrogens with one attached hydrogen (secondary N) is 1. The summed E-state index contributed by atoms with van der Waals surface area (Å²) < 4.78 is 67.6. The van der Waals surface area contributed by atoms with Crippen molar-refractivity contribution in [2.45, 2.75) is 19.1 Å². The van der Waals surface area contributed by atoms with Gasteiger partial charge in [-0.25, -0.2) is 26.7 Å². The van der Waals surface area contributed by atoms with Crippen molar-refractivity contribution in [3.8, 4) is 33.9 Å². The summed E-state index contributed by atoms with van der Waals surface area (Å²) in [7, 11) is -7.43. The van der Waals surface area contributed by atoms with E-state index in [2.05, 4.69) is 9.97 Å². The van der Waals surface area contributed by atoms with Gasteiger partial charge in [0.2, 0.25) is 16.0 Å². The molecule has 0 unspecified atom stereocenters. The van der Waals surface area contributed by atoms with Gasteiger partial charge in [0.1, 0.15) is 11.6 Å². The molecule has 5 rings (SSSR count). The monoisotopic (exact) mass is 605 g/mol. The average molecular weight is 606 g/mol. The van der Waals surface area contributed by atoms with Crippen LogP contribution >= 0.6 is 11.6 Å². The Bertz CT molecular complexity index is 1890. The number of H-pyrrole nitrogens is 1. The van der Waals surface area contributed by atoms with E-state index in [4.69, 9.17) is 26.9 Å². The van der Waals surface area contributed by atoms with Crippen LogP contribution in [0.3, 0.4) is 0 Å². The van der Waals surface area contributed by atoms with Crippen LogP contribution in [0.25, 0.3) is 44.9 Å².